The molecule has 0 saturated heterocycles. The van der Waals surface area contributed by atoms with Crippen LogP contribution in [0.15, 0.2) is 30.3 Å². The fraction of sp³-hybridized carbons (Fsp3) is 0.567. The Morgan fingerprint density at radius 1 is 0.767 bits per heavy atom. The lowest BCUT2D eigenvalue weighted by Crippen LogP contribution is -2.48. The van der Waals surface area contributed by atoms with Gasteiger partial charge in [-0.1, -0.05) is 44.2 Å². The minimum absolute atomic E-state index is 0.0141. The summed E-state index contributed by atoms with van der Waals surface area (Å²) in [5.41, 5.74) is 0.746. The van der Waals surface area contributed by atoms with Gasteiger partial charge in [0.25, 0.3) is 0 Å². The van der Waals surface area contributed by atoms with Crippen LogP contribution in [0.3, 0.4) is 0 Å². The summed E-state index contributed by atoms with van der Waals surface area (Å²) in [6.45, 7) is 3.30. The molecular formula is C30H41FN2O10. The number of hydrogen-bond donors (Lipinski definition) is 2. The summed E-state index contributed by atoms with van der Waals surface area (Å²) in [5, 5.41) is 5.00. The zero-order valence-electron chi connectivity index (χ0n) is 25.2. The van der Waals surface area contributed by atoms with E-state index in [2.05, 4.69) is 20.1 Å². The van der Waals surface area contributed by atoms with E-state index in [0.29, 0.717) is 0 Å². The third-order valence-electron chi connectivity index (χ3n) is 6.76. The van der Waals surface area contributed by atoms with Crippen molar-refractivity contribution >= 4 is 41.3 Å². The summed E-state index contributed by atoms with van der Waals surface area (Å²) in [6.07, 6.45) is -2.53. The van der Waals surface area contributed by atoms with Crippen LogP contribution in [0.25, 0.3) is 0 Å². The summed E-state index contributed by atoms with van der Waals surface area (Å²) in [5.74, 6) is -7.05. The number of Topliss-reactive ketones (excluding diaryl/α,β-unsaturated/α-hetero) is 3. The largest absolute Gasteiger partial charge is 0.469 e. The van der Waals surface area contributed by atoms with Crippen molar-refractivity contribution in [3.05, 3.63) is 35.9 Å². The molecule has 1 aromatic rings. The maximum absolute atomic E-state index is 13.3. The Balaban J connectivity index is 2.96. The van der Waals surface area contributed by atoms with Crippen LogP contribution < -0.4 is 10.6 Å². The molecule has 0 aromatic heterocycles. The van der Waals surface area contributed by atoms with Crippen LogP contribution in [0.1, 0.15) is 58.4 Å². The predicted molar refractivity (Wildman–Crippen MR) is 151 cm³/mol. The van der Waals surface area contributed by atoms with Gasteiger partial charge in [-0.15, -0.1) is 0 Å². The molecule has 1 aromatic carbocycles. The highest BCUT2D eigenvalue weighted by molar-refractivity contribution is 5.96. The van der Waals surface area contributed by atoms with Gasteiger partial charge in [-0.2, -0.15) is 0 Å². The van der Waals surface area contributed by atoms with E-state index in [0.717, 1.165) is 12.7 Å². The molecule has 0 fully saturated rings. The van der Waals surface area contributed by atoms with Gasteiger partial charge in [0, 0.05) is 31.1 Å². The average molecular weight is 609 g/mol. The van der Waals surface area contributed by atoms with Crippen molar-refractivity contribution in [2.45, 2.75) is 71.6 Å². The topological polar surface area (TPSA) is 171 Å². The van der Waals surface area contributed by atoms with Crippen LogP contribution >= 0.6 is 0 Å². The highest BCUT2D eigenvalue weighted by Gasteiger charge is 2.33. The number of rotatable bonds is 19. The first-order valence-corrected chi connectivity index (χ1v) is 13.9. The second-order valence-electron chi connectivity index (χ2n) is 10.4. The number of carbonyl (C=O) groups excluding carboxylic acids is 7. The normalized spacial score (nSPS) is 13.6. The van der Waals surface area contributed by atoms with Gasteiger partial charge in [0.2, 0.25) is 5.91 Å². The monoisotopic (exact) mass is 608 g/mol. The first kappa shape index (κ1) is 36.9. The highest BCUT2D eigenvalue weighted by Crippen LogP contribution is 2.19. The van der Waals surface area contributed by atoms with Crippen LogP contribution in [-0.2, 0) is 49.6 Å². The molecule has 0 aliphatic heterocycles. The van der Waals surface area contributed by atoms with Crippen LogP contribution in [0.2, 0.25) is 0 Å². The van der Waals surface area contributed by atoms with Crippen LogP contribution in [0.5, 0.6) is 0 Å². The molecule has 238 valence electrons. The van der Waals surface area contributed by atoms with Crippen molar-refractivity contribution in [1.29, 1.82) is 0 Å². The number of benzene rings is 1. The van der Waals surface area contributed by atoms with Gasteiger partial charge in [-0.25, -0.2) is 9.18 Å². The Morgan fingerprint density at radius 3 is 1.93 bits per heavy atom. The predicted octanol–water partition coefficient (Wildman–Crippen LogP) is 2.65. The fourth-order valence-corrected chi connectivity index (χ4v) is 4.12. The van der Waals surface area contributed by atoms with Crippen molar-refractivity contribution in [2.75, 3.05) is 20.9 Å². The number of esters is 2. The lowest BCUT2D eigenvalue weighted by molar-refractivity contribution is -0.145. The molecule has 0 unspecified atom stereocenters. The van der Waals surface area contributed by atoms with E-state index in [9.17, 15) is 38.0 Å². The summed E-state index contributed by atoms with van der Waals surface area (Å²) >= 11 is 0. The number of halogens is 1. The van der Waals surface area contributed by atoms with Crippen molar-refractivity contribution in [1.82, 2.24) is 10.6 Å². The van der Waals surface area contributed by atoms with Gasteiger partial charge in [0.05, 0.1) is 32.7 Å². The van der Waals surface area contributed by atoms with E-state index >= 15 is 0 Å². The van der Waals surface area contributed by atoms with Crippen molar-refractivity contribution in [2.24, 2.45) is 17.8 Å². The summed E-state index contributed by atoms with van der Waals surface area (Å²) in [4.78, 5) is 87.1. The number of methoxy groups -OCH3 is 2. The van der Waals surface area contributed by atoms with E-state index in [1.807, 2.05) is 6.07 Å². The molecular weight excluding hydrogens is 567 g/mol. The number of ketones is 3. The zero-order chi connectivity index (χ0) is 32.5. The highest BCUT2D eigenvalue weighted by atomic mass is 19.1. The van der Waals surface area contributed by atoms with Gasteiger partial charge in [-0.05, 0) is 24.8 Å². The number of hydrogen-bond acceptors (Lipinski definition) is 10. The Kier molecular flexibility index (Phi) is 16.4. The van der Waals surface area contributed by atoms with Gasteiger partial charge in [0.15, 0.2) is 17.3 Å². The molecule has 0 spiro atoms. The molecule has 0 aliphatic rings. The second-order valence-corrected chi connectivity index (χ2v) is 10.4. The third-order valence-corrected chi connectivity index (χ3v) is 6.76. The number of nitrogens with one attached hydrogen (secondary N) is 2. The molecule has 0 heterocycles. The molecule has 0 saturated carbocycles. The first-order valence-electron chi connectivity index (χ1n) is 13.9. The molecule has 0 aliphatic carbocycles. The Hall–Kier alpha value is -4.16. The van der Waals surface area contributed by atoms with Crippen LogP contribution in [-0.4, -0.2) is 74.3 Å². The maximum Gasteiger partial charge on any atom is 0.408 e. The molecule has 12 nitrogen and oxygen atoms in total. The Bertz CT molecular complexity index is 1130. The van der Waals surface area contributed by atoms with Crippen molar-refractivity contribution < 1.29 is 52.2 Å². The minimum Gasteiger partial charge on any atom is -0.469 e. The SMILES string of the molecule is COC(=O)CC[C@H](CC(=O)[C@H](C)NC(=O)OCc1ccccc1)C(=O)N[C@H](C(=O)C[C@@H](CC(=O)OC)C(=O)CF)C(C)C. The van der Waals surface area contributed by atoms with Gasteiger partial charge < -0.3 is 24.8 Å². The van der Waals surface area contributed by atoms with Crippen molar-refractivity contribution in [3.63, 3.8) is 0 Å². The van der Waals surface area contributed by atoms with E-state index in [-0.39, 0.29) is 25.9 Å². The van der Waals surface area contributed by atoms with Crippen LogP contribution in [0.4, 0.5) is 9.18 Å². The van der Waals surface area contributed by atoms with E-state index < -0.39 is 90.6 Å². The average Bonchev–Trinajstić information content (AvgIpc) is 2.99. The van der Waals surface area contributed by atoms with Gasteiger partial charge in [-0.3, -0.25) is 28.8 Å². The molecule has 2 N–H and O–H groups in total. The molecule has 13 heteroatoms. The first-order chi connectivity index (χ1) is 20.3. The fourth-order valence-electron chi connectivity index (χ4n) is 4.12. The number of alkyl carbamates (subject to hydrolysis) is 1. The van der Waals surface area contributed by atoms with Crippen LogP contribution in [0, 0.1) is 17.8 Å². The molecule has 2 amide bonds. The summed E-state index contributed by atoms with van der Waals surface area (Å²) in [6, 6.07) is 6.73. The minimum atomic E-state index is -1.38. The maximum atomic E-state index is 13.3. The molecule has 1 rings (SSSR count). The van der Waals surface area contributed by atoms with Crippen molar-refractivity contribution in [3.8, 4) is 0 Å². The summed E-state index contributed by atoms with van der Waals surface area (Å²) in [7, 11) is 2.27. The quantitative estimate of drug-likeness (QED) is 0.176. The molecule has 4 atom stereocenters. The third kappa shape index (κ3) is 13.6. The Morgan fingerprint density at radius 2 is 1.37 bits per heavy atom. The number of amides is 2. The molecule has 0 bridgehead atoms. The van der Waals surface area contributed by atoms with Gasteiger partial charge >= 0.3 is 18.0 Å². The van der Waals surface area contributed by atoms with E-state index in [4.69, 9.17) is 4.74 Å². The Labute approximate surface area is 250 Å². The lowest BCUT2D eigenvalue weighted by atomic mass is 9.87. The lowest BCUT2D eigenvalue weighted by Gasteiger charge is -2.26. The number of ether oxygens (including phenoxy) is 3. The zero-order valence-corrected chi connectivity index (χ0v) is 25.2. The van der Waals surface area contributed by atoms with E-state index in [1.165, 1.54) is 14.0 Å². The smallest absolute Gasteiger partial charge is 0.408 e. The molecule has 0 radical (unpaired) electrons. The van der Waals surface area contributed by atoms with E-state index in [1.54, 1.807) is 38.1 Å². The number of carbonyl (C=O) groups is 7. The van der Waals surface area contributed by atoms with Gasteiger partial charge in [0.1, 0.15) is 13.3 Å². The second kappa shape index (κ2) is 19.1. The standard InChI is InChI=1S/C30H41FN2O10/c1-18(2)28(24(35)14-22(25(36)16-31)15-27(38)42-5)33-29(39)21(11-12-26(37)41-4)13-23(34)19(3)32-30(40)43-17-20-9-7-6-8-10-20/h6-10,18-19,21-22,28H,11-17H2,1-5H3,(H,32,40)(H,33,39)/t19-,21+,22-,28-/m0/s1. The molecule has 43 heavy (non-hydrogen) atoms. The summed E-state index contributed by atoms with van der Waals surface area (Å²) < 4.78 is 27.4. The number of alkyl halides is 1.